The lowest BCUT2D eigenvalue weighted by Gasteiger charge is -2.16. The zero-order valence-corrected chi connectivity index (χ0v) is 25.8. The van der Waals surface area contributed by atoms with Gasteiger partial charge in [0.1, 0.15) is 0 Å². The van der Waals surface area contributed by atoms with Crippen molar-refractivity contribution in [3.63, 3.8) is 0 Å². The van der Waals surface area contributed by atoms with Gasteiger partial charge in [0, 0.05) is 44.0 Å². The summed E-state index contributed by atoms with van der Waals surface area (Å²) < 4.78 is 4.60. The Morgan fingerprint density at radius 1 is 0.417 bits per heavy atom. The van der Waals surface area contributed by atoms with Gasteiger partial charge in [0.15, 0.2) is 0 Å². The molecule has 48 heavy (non-hydrogen) atoms. The zero-order chi connectivity index (χ0) is 32.2. The Morgan fingerprint density at radius 3 is 1.69 bits per heavy atom. The molecule has 0 atom stereocenters. The van der Waals surface area contributed by atoms with Crippen molar-refractivity contribution in [2.45, 2.75) is 0 Å². The van der Waals surface area contributed by atoms with E-state index in [9.17, 15) is 10.5 Å². The van der Waals surface area contributed by atoms with Gasteiger partial charge in [-0.2, -0.15) is 10.5 Å². The molecule has 0 saturated heterocycles. The third-order valence-corrected chi connectivity index (χ3v) is 9.39. The van der Waals surface area contributed by atoms with Crippen LogP contribution in [0, 0.1) is 22.7 Å². The largest absolute Gasteiger partial charge is 0.309 e. The zero-order valence-electron chi connectivity index (χ0n) is 25.8. The molecule has 2 heterocycles. The first-order valence-corrected chi connectivity index (χ1v) is 15.9. The van der Waals surface area contributed by atoms with E-state index < -0.39 is 0 Å². The standard InChI is InChI=1S/C44H26N4/c45-27-29-19-20-31(28-46)37(25-29)43-34(22-24-42-44(43)36-16-8-10-18-40(36)48(42)33-13-5-2-6-14-33)30-21-23-41-38(26-30)35-15-7-9-17-39(35)47(41)32-11-3-1-4-12-32/h1-26H. The molecule has 0 aliphatic rings. The normalized spacial score (nSPS) is 11.3. The van der Waals surface area contributed by atoms with Crippen molar-refractivity contribution in [2.75, 3.05) is 0 Å². The van der Waals surface area contributed by atoms with Crippen molar-refractivity contribution in [1.29, 1.82) is 10.5 Å². The minimum atomic E-state index is 0.514. The molecule has 0 N–H and O–H groups in total. The topological polar surface area (TPSA) is 57.4 Å². The molecule has 0 unspecified atom stereocenters. The molecule has 0 fully saturated rings. The lowest BCUT2D eigenvalue weighted by atomic mass is 9.87. The predicted molar refractivity (Wildman–Crippen MR) is 195 cm³/mol. The molecule has 2 aromatic heterocycles. The van der Waals surface area contributed by atoms with Gasteiger partial charge in [0.05, 0.1) is 45.3 Å². The number of para-hydroxylation sites is 4. The lowest BCUT2D eigenvalue weighted by molar-refractivity contribution is 1.18. The molecule has 9 aromatic rings. The summed E-state index contributed by atoms with van der Waals surface area (Å²) in [4.78, 5) is 0. The van der Waals surface area contributed by atoms with Gasteiger partial charge < -0.3 is 9.13 Å². The van der Waals surface area contributed by atoms with Crippen LogP contribution in [-0.2, 0) is 0 Å². The number of rotatable bonds is 4. The Kier molecular flexibility index (Phi) is 6.22. The van der Waals surface area contributed by atoms with Crippen LogP contribution in [0.1, 0.15) is 11.1 Å². The summed E-state index contributed by atoms with van der Waals surface area (Å²) in [7, 11) is 0. The second-order valence-electron chi connectivity index (χ2n) is 12.0. The van der Waals surface area contributed by atoms with Crippen molar-refractivity contribution in [3.05, 3.63) is 169 Å². The smallest absolute Gasteiger partial charge is 0.0998 e. The SMILES string of the molecule is N#Cc1ccc(C#N)c(-c2c(-c3ccc4c(c3)c3ccccc3n4-c3ccccc3)ccc3c2c2ccccc2n3-c2ccccc2)c1. The maximum Gasteiger partial charge on any atom is 0.0998 e. The van der Waals surface area contributed by atoms with Gasteiger partial charge in [-0.3, -0.25) is 0 Å². The molecule has 7 aromatic carbocycles. The maximum absolute atomic E-state index is 10.4. The summed E-state index contributed by atoms with van der Waals surface area (Å²) in [6.45, 7) is 0. The van der Waals surface area contributed by atoms with Crippen LogP contribution in [0.15, 0.2) is 158 Å². The molecule has 222 valence electrons. The summed E-state index contributed by atoms with van der Waals surface area (Å²) in [6, 6.07) is 58.9. The highest BCUT2D eigenvalue weighted by atomic mass is 15.0. The number of fused-ring (bicyclic) bond motifs is 6. The molecule has 0 saturated carbocycles. The number of nitrogens with zero attached hydrogens (tertiary/aromatic N) is 4. The van der Waals surface area contributed by atoms with Gasteiger partial charge in [-0.1, -0.05) is 84.9 Å². The Labute approximate surface area is 277 Å². The highest BCUT2D eigenvalue weighted by Crippen LogP contribution is 2.46. The van der Waals surface area contributed by atoms with E-state index >= 15 is 0 Å². The Bertz CT molecular complexity index is 2790. The van der Waals surface area contributed by atoms with Crippen LogP contribution in [0.5, 0.6) is 0 Å². The fourth-order valence-corrected chi connectivity index (χ4v) is 7.35. The van der Waals surface area contributed by atoms with E-state index in [0.717, 1.165) is 71.9 Å². The van der Waals surface area contributed by atoms with Crippen LogP contribution >= 0.6 is 0 Å². The fraction of sp³-hybridized carbons (Fsp3) is 0. The van der Waals surface area contributed by atoms with E-state index in [1.54, 1.807) is 12.1 Å². The molecule has 0 spiro atoms. The van der Waals surface area contributed by atoms with Crippen molar-refractivity contribution >= 4 is 43.6 Å². The van der Waals surface area contributed by atoms with E-state index in [2.05, 4.69) is 149 Å². The first-order valence-electron chi connectivity index (χ1n) is 15.9. The summed E-state index contributed by atoms with van der Waals surface area (Å²) in [5, 5.41) is 24.8. The van der Waals surface area contributed by atoms with E-state index in [1.165, 1.54) is 5.39 Å². The molecular weight excluding hydrogens is 585 g/mol. The first-order chi connectivity index (χ1) is 23.7. The van der Waals surface area contributed by atoms with Crippen LogP contribution in [0.25, 0.3) is 77.2 Å². The van der Waals surface area contributed by atoms with Gasteiger partial charge in [0.2, 0.25) is 0 Å². The van der Waals surface area contributed by atoms with E-state index in [-0.39, 0.29) is 0 Å². The molecule has 0 bridgehead atoms. The van der Waals surface area contributed by atoms with Gasteiger partial charge in [-0.25, -0.2) is 0 Å². The Morgan fingerprint density at radius 2 is 1.00 bits per heavy atom. The summed E-state index contributed by atoms with van der Waals surface area (Å²) in [5.41, 5.74) is 11.3. The lowest BCUT2D eigenvalue weighted by Crippen LogP contribution is -1.95. The molecule has 4 nitrogen and oxygen atoms in total. The third-order valence-electron chi connectivity index (χ3n) is 9.39. The number of benzene rings is 7. The summed E-state index contributed by atoms with van der Waals surface area (Å²) in [6.07, 6.45) is 0. The van der Waals surface area contributed by atoms with Gasteiger partial charge in [0.25, 0.3) is 0 Å². The number of aromatic nitrogens is 2. The van der Waals surface area contributed by atoms with Crippen molar-refractivity contribution in [2.24, 2.45) is 0 Å². The quantitative estimate of drug-likeness (QED) is 0.199. The Hall–Kier alpha value is -6.88. The van der Waals surface area contributed by atoms with Crippen LogP contribution in [-0.4, -0.2) is 9.13 Å². The minimum absolute atomic E-state index is 0.514. The first kappa shape index (κ1) is 27.4. The molecule has 0 aliphatic heterocycles. The van der Waals surface area contributed by atoms with Crippen molar-refractivity contribution < 1.29 is 0 Å². The average Bonchev–Trinajstić information content (AvgIpc) is 3.67. The van der Waals surface area contributed by atoms with Gasteiger partial charge in [-0.15, -0.1) is 0 Å². The van der Waals surface area contributed by atoms with Gasteiger partial charge >= 0.3 is 0 Å². The van der Waals surface area contributed by atoms with Gasteiger partial charge in [-0.05, 0) is 83.9 Å². The third kappa shape index (κ3) is 4.07. The van der Waals surface area contributed by atoms with Crippen LogP contribution in [0.2, 0.25) is 0 Å². The molecule has 4 heteroatoms. The molecular formula is C44H26N4. The summed E-state index contributed by atoms with van der Waals surface area (Å²) >= 11 is 0. The second-order valence-corrected chi connectivity index (χ2v) is 12.0. The highest BCUT2D eigenvalue weighted by Gasteiger charge is 2.23. The second kappa shape index (κ2) is 10.9. The van der Waals surface area contributed by atoms with Crippen molar-refractivity contribution in [3.8, 4) is 45.8 Å². The average molecular weight is 611 g/mol. The Balaban J connectivity index is 1.42. The summed E-state index contributed by atoms with van der Waals surface area (Å²) in [5.74, 6) is 0. The van der Waals surface area contributed by atoms with Crippen LogP contribution in [0.4, 0.5) is 0 Å². The fourth-order valence-electron chi connectivity index (χ4n) is 7.35. The van der Waals surface area contributed by atoms with E-state index in [1.807, 2.05) is 18.2 Å². The number of nitriles is 2. The maximum atomic E-state index is 10.4. The number of hydrogen-bond acceptors (Lipinski definition) is 2. The van der Waals surface area contributed by atoms with Crippen molar-refractivity contribution in [1.82, 2.24) is 9.13 Å². The van der Waals surface area contributed by atoms with E-state index in [0.29, 0.717) is 11.1 Å². The monoisotopic (exact) mass is 610 g/mol. The molecule has 0 radical (unpaired) electrons. The predicted octanol–water partition coefficient (Wildman–Crippen LogP) is 11.0. The molecule has 0 aliphatic carbocycles. The van der Waals surface area contributed by atoms with Crippen LogP contribution < -0.4 is 0 Å². The molecule has 0 amide bonds. The van der Waals surface area contributed by atoms with E-state index in [4.69, 9.17) is 0 Å². The molecule has 9 rings (SSSR count). The number of hydrogen-bond donors (Lipinski definition) is 0. The highest BCUT2D eigenvalue weighted by molar-refractivity contribution is 6.20. The van der Waals surface area contributed by atoms with Crippen LogP contribution in [0.3, 0.4) is 0 Å². The minimum Gasteiger partial charge on any atom is -0.309 e.